The van der Waals surface area contributed by atoms with Crippen LogP contribution in [0.3, 0.4) is 0 Å². The van der Waals surface area contributed by atoms with Gasteiger partial charge >= 0.3 is 0 Å². The fraction of sp³-hybridized carbons (Fsp3) is 0.579. The Morgan fingerprint density at radius 1 is 1.27 bits per heavy atom. The number of hydrogen-bond acceptors (Lipinski definition) is 3. The van der Waals surface area contributed by atoms with E-state index in [1.54, 1.807) is 7.05 Å². The van der Waals surface area contributed by atoms with Crippen molar-refractivity contribution in [1.29, 1.82) is 0 Å². The lowest BCUT2D eigenvalue weighted by molar-refractivity contribution is -0.115. The first-order valence-electron chi connectivity index (χ1n) is 9.32. The molecule has 0 saturated carbocycles. The van der Waals surface area contributed by atoms with E-state index >= 15 is 0 Å². The number of nitrogens with zero attached hydrogens (tertiary/aromatic N) is 2. The van der Waals surface area contributed by atoms with E-state index in [2.05, 4.69) is 32.8 Å². The summed E-state index contributed by atoms with van der Waals surface area (Å²) in [6.07, 6.45) is 4.96. The number of piperidine rings is 1. The molecular weight excluding hydrogens is 333 g/mol. The second-order valence-electron chi connectivity index (χ2n) is 6.64. The smallest absolute Gasteiger partial charge is 0.243 e. The molecule has 26 heavy (non-hydrogen) atoms. The fourth-order valence-electron chi connectivity index (χ4n) is 3.10. The van der Waals surface area contributed by atoms with Gasteiger partial charge in [-0.3, -0.25) is 9.79 Å². The molecule has 1 amide bonds. The van der Waals surface area contributed by atoms with Gasteiger partial charge in [-0.05, 0) is 57.0 Å². The molecule has 1 atom stereocenters. The molecule has 1 aromatic rings. The normalized spacial score (nSPS) is 18.4. The number of rotatable bonds is 7. The van der Waals surface area contributed by atoms with Crippen molar-refractivity contribution in [3.8, 4) is 0 Å². The first kappa shape index (κ1) is 20.2. The van der Waals surface area contributed by atoms with Crippen LogP contribution in [-0.4, -0.2) is 56.0 Å². The third kappa shape index (κ3) is 7.00. The molecule has 2 rings (SSSR count). The predicted octanol–water partition coefficient (Wildman–Crippen LogP) is 2.19. The van der Waals surface area contributed by atoms with Crippen molar-refractivity contribution in [3.63, 3.8) is 0 Å². The van der Waals surface area contributed by atoms with Crippen molar-refractivity contribution in [2.75, 3.05) is 38.5 Å². The summed E-state index contributed by atoms with van der Waals surface area (Å²) in [5.74, 6) is 0.0670. The Morgan fingerprint density at radius 2 is 2.04 bits per heavy atom. The average Bonchev–Trinajstić information content (AvgIpc) is 2.64. The Hall–Kier alpha value is -2.15. The van der Waals surface area contributed by atoms with Crippen LogP contribution in [0.4, 0.5) is 10.1 Å². The molecule has 1 aromatic carbocycles. The van der Waals surface area contributed by atoms with E-state index in [0.29, 0.717) is 17.7 Å². The van der Waals surface area contributed by atoms with Crippen LogP contribution in [0.25, 0.3) is 0 Å². The van der Waals surface area contributed by atoms with E-state index in [0.717, 1.165) is 19.5 Å². The SMILES string of the molecule is CN=C(NCCCN1CCCCC1C)NCC(=O)Nc1ccc(F)cc1. The minimum atomic E-state index is -0.329. The van der Waals surface area contributed by atoms with Gasteiger partial charge in [-0.15, -0.1) is 0 Å². The monoisotopic (exact) mass is 363 g/mol. The van der Waals surface area contributed by atoms with Gasteiger partial charge in [0.2, 0.25) is 5.91 Å². The van der Waals surface area contributed by atoms with Crippen LogP contribution in [0.15, 0.2) is 29.3 Å². The Kier molecular flexibility index (Phi) is 8.34. The maximum absolute atomic E-state index is 12.9. The summed E-state index contributed by atoms with van der Waals surface area (Å²) < 4.78 is 12.9. The third-order valence-electron chi connectivity index (χ3n) is 4.62. The summed E-state index contributed by atoms with van der Waals surface area (Å²) >= 11 is 0. The second kappa shape index (κ2) is 10.8. The lowest BCUT2D eigenvalue weighted by atomic mass is 10.0. The average molecular weight is 363 g/mol. The predicted molar refractivity (Wildman–Crippen MR) is 104 cm³/mol. The minimum absolute atomic E-state index is 0.0974. The van der Waals surface area contributed by atoms with Crippen molar-refractivity contribution in [2.24, 2.45) is 4.99 Å². The van der Waals surface area contributed by atoms with Crippen LogP contribution in [0.5, 0.6) is 0 Å². The topological polar surface area (TPSA) is 68.8 Å². The Labute approximate surface area is 155 Å². The number of nitrogens with one attached hydrogen (secondary N) is 3. The van der Waals surface area contributed by atoms with Gasteiger partial charge in [0.1, 0.15) is 5.82 Å². The van der Waals surface area contributed by atoms with E-state index < -0.39 is 0 Å². The van der Waals surface area contributed by atoms with Crippen LogP contribution >= 0.6 is 0 Å². The summed E-state index contributed by atoms with van der Waals surface area (Å²) in [5, 5.41) is 8.93. The molecule has 0 bridgehead atoms. The molecule has 1 aliphatic rings. The highest BCUT2D eigenvalue weighted by atomic mass is 19.1. The molecule has 6 nitrogen and oxygen atoms in total. The number of aliphatic imine (C=N–C) groups is 1. The highest BCUT2D eigenvalue weighted by molar-refractivity contribution is 5.94. The van der Waals surface area contributed by atoms with Crippen molar-refractivity contribution < 1.29 is 9.18 Å². The molecule has 0 aliphatic carbocycles. The van der Waals surface area contributed by atoms with Gasteiger partial charge < -0.3 is 20.9 Å². The summed E-state index contributed by atoms with van der Waals surface area (Å²) in [6.45, 7) is 5.48. The summed E-state index contributed by atoms with van der Waals surface area (Å²) in [6, 6.07) is 6.36. The number of benzene rings is 1. The molecule has 3 N–H and O–H groups in total. The second-order valence-corrected chi connectivity index (χ2v) is 6.64. The van der Waals surface area contributed by atoms with Gasteiger partial charge in [0, 0.05) is 31.9 Å². The van der Waals surface area contributed by atoms with Gasteiger partial charge in [-0.1, -0.05) is 6.42 Å². The molecular formula is C19H30FN5O. The molecule has 1 heterocycles. The zero-order chi connectivity index (χ0) is 18.8. The summed E-state index contributed by atoms with van der Waals surface area (Å²) in [5.41, 5.74) is 0.566. The Bertz CT molecular complexity index is 590. The largest absolute Gasteiger partial charge is 0.356 e. The van der Waals surface area contributed by atoms with Crippen molar-refractivity contribution in [1.82, 2.24) is 15.5 Å². The number of amides is 1. The molecule has 144 valence electrons. The Morgan fingerprint density at radius 3 is 2.73 bits per heavy atom. The number of halogens is 1. The highest BCUT2D eigenvalue weighted by Gasteiger charge is 2.17. The van der Waals surface area contributed by atoms with Gasteiger partial charge in [0.25, 0.3) is 0 Å². The maximum atomic E-state index is 12.9. The molecule has 0 spiro atoms. The van der Waals surface area contributed by atoms with Crippen LogP contribution in [0.2, 0.25) is 0 Å². The number of guanidine groups is 1. The number of likely N-dealkylation sites (tertiary alicyclic amines) is 1. The van der Waals surface area contributed by atoms with Crippen molar-refractivity contribution in [2.45, 2.75) is 38.6 Å². The minimum Gasteiger partial charge on any atom is -0.356 e. The molecule has 1 unspecified atom stereocenters. The third-order valence-corrected chi connectivity index (χ3v) is 4.62. The fourth-order valence-corrected chi connectivity index (χ4v) is 3.10. The zero-order valence-electron chi connectivity index (χ0n) is 15.7. The molecule has 1 aliphatic heterocycles. The Balaban J connectivity index is 1.62. The molecule has 0 aromatic heterocycles. The first-order valence-corrected chi connectivity index (χ1v) is 9.32. The quantitative estimate of drug-likeness (QED) is 0.395. The van der Waals surface area contributed by atoms with Crippen LogP contribution < -0.4 is 16.0 Å². The van der Waals surface area contributed by atoms with Crippen LogP contribution in [0.1, 0.15) is 32.6 Å². The van der Waals surface area contributed by atoms with Gasteiger partial charge in [0.15, 0.2) is 5.96 Å². The van der Waals surface area contributed by atoms with E-state index in [4.69, 9.17) is 0 Å². The molecule has 1 fully saturated rings. The van der Waals surface area contributed by atoms with E-state index in [1.807, 2.05) is 0 Å². The first-order chi connectivity index (χ1) is 12.6. The van der Waals surface area contributed by atoms with Crippen molar-refractivity contribution in [3.05, 3.63) is 30.1 Å². The number of hydrogen-bond donors (Lipinski definition) is 3. The summed E-state index contributed by atoms with van der Waals surface area (Å²) in [4.78, 5) is 18.6. The zero-order valence-corrected chi connectivity index (χ0v) is 15.7. The van der Waals surface area contributed by atoms with Crippen LogP contribution in [0, 0.1) is 5.82 Å². The lowest BCUT2D eigenvalue weighted by Gasteiger charge is -2.33. The maximum Gasteiger partial charge on any atom is 0.243 e. The molecule has 1 saturated heterocycles. The van der Waals surface area contributed by atoms with E-state index in [9.17, 15) is 9.18 Å². The highest BCUT2D eigenvalue weighted by Crippen LogP contribution is 2.16. The molecule has 7 heteroatoms. The standard InChI is InChI=1S/C19H30FN5O/c1-15-6-3-4-12-25(15)13-5-11-22-19(21-2)23-14-18(26)24-17-9-7-16(20)8-10-17/h7-10,15H,3-6,11-14H2,1-2H3,(H,24,26)(H2,21,22,23). The van der Waals surface area contributed by atoms with Gasteiger partial charge in [-0.2, -0.15) is 0 Å². The van der Waals surface area contributed by atoms with E-state index in [-0.39, 0.29) is 18.3 Å². The molecule has 0 radical (unpaired) electrons. The lowest BCUT2D eigenvalue weighted by Crippen LogP contribution is -2.43. The number of carbonyl (C=O) groups is 1. The van der Waals surface area contributed by atoms with E-state index in [1.165, 1.54) is 50.1 Å². The van der Waals surface area contributed by atoms with Crippen LogP contribution in [-0.2, 0) is 4.79 Å². The van der Waals surface area contributed by atoms with Crippen molar-refractivity contribution >= 4 is 17.6 Å². The van der Waals surface area contributed by atoms with Gasteiger partial charge in [0.05, 0.1) is 6.54 Å². The summed E-state index contributed by atoms with van der Waals surface area (Å²) in [7, 11) is 1.68. The van der Waals surface area contributed by atoms with Gasteiger partial charge in [-0.25, -0.2) is 4.39 Å². The number of anilines is 1. The number of carbonyl (C=O) groups excluding carboxylic acids is 1.